The van der Waals surface area contributed by atoms with E-state index in [2.05, 4.69) is 0 Å². The summed E-state index contributed by atoms with van der Waals surface area (Å²) in [6, 6.07) is 5.72. The van der Waals surface area contributed by atoms with Gasteiger partial charge in [0, 0.05) is 10.8 Å². The van der Waals surface area contributed by atoms with Gasteiger partial charge in [-0.25, -0.2) is 0 Å². The molecular weight excluding hydrogens is 232 g/mol. The van der Waals surface area contributed by atoms with Crippen molar-refractivity contribution in [3.63, 3.8) is 0 Å². The van der Waals surface area contributed by atoms with Crippen LogP contribution in [0.3, 0.4) is 0 Å². The number of Topliss-reactive ketones (excluding diaryl/α,β-unsaturated/α-hetero) is 1. The highest BCUT2D eigenvalue weighted by Gasteiger charge is 2.15. The van der Waals surface area contributed by atoms with Crippen molar-refractivity contribution in [1.29, 1.82) is 0 Å². The maximum Gasteiger partial charge on any atom is 0.148 e. The summed E-state index contributed by atoms with van der Waals surface area (Å²) in [7, 11) is -1.20. The molecule has 94 valence electrons. The van der Waals surface area contributed by atoms with Crippen molar-refractivity contribution in [3.8, 4) is 0 Å². The van der Waals surface area contributed by atoms with Crippen molar-refractivity contribution in [1.82, 2.24) is 0 Å². The van der Waals surface area contributed by atoms with E-state index >= 15 is 0 Å². The third-order valence-corrected chi connectivity index (χ3v) is 4.50. The fourth-order valence-corrected chi connectivity index (χ4v) is 2.68. The number of ketones is 1. The van der Waals surface area contributed by atoms with Crippen molar-refractivity contribution in [3.05, 3.63) is 29.3 Å². The minimum atomic E-state index is -1.20. The van der Waals surface area contributed by atoms with E-state index in [9.17, 15) is 9.00 Å². The van der Waals surface area contributed by atoms with Crippen molar-refractivity contribution < 1.29 is 9.00 Å². The van der Waals surface area contributed by atoms with Gasteiger partial charge < -0.3 is 0 Å². The average Bonchev–Trinajstić information content (AvgIpc) is 2.31. The van der Waals surface area contributed by atoms with E-state index in [1.54, 1.807) is 0 Å². The van der Waals surface area contributed by atoms with Crippen LogP contribution in [0, 0.1) is 19.8 Å². The Bertz CT molecular complexity index is 438. The highest BCUT2D eigenvalue weighted by molar-refractivity contribution is 7.85. The molecule has 2 nitrogen and oxygen atoms in total. The van der Waals surface area contributed by atoms with Crippen LogP contribution in [0.5, 0.6) is 0 Å². The Balaban J connectivity index is 2.77. The number of hydrogen-bond acceptors (Lipinski definition) is 2. The minimum absolute atomic E-state index is 0.00509. The summed E-state index contributed by atoms with van der Waals surface area (Å²) in [4.78, 5) is 12.5. The molecule has 0 fully saturated rings. The van der Waals surface area contributed by atoms with Crippen LogP contribution in [0.25, 0.3) is 0 Å². The molecule has 0 amide bonds. The number of carbonyl (C=O) groups excluding carboxylic acids is 1. The highest BCUT2D eigenvalue weighted by Crippen LogP contribution is 2.14. The van der Waals surface area contributed by atoms with Crippen molar-refractivity contribution >= 4 is 16.6 Å². The fraction of sp³-hybridized carbons (Fsp3) is 0.500. The van der Waals surface area contributed by atoms with E-state index in [-0.39, 0.29) is 17.5 Å². The molecule has 2 atom stereocenters. The molecule has 0 aromatic heterocycles. The fourth-order valence-electron chi connectivity index (χ4n) is 1.44. The molecule has 1 aromatic rings. The van der Waals surface area contributed by atoms with Crippen LogP contribution in [0.15, 0.2) is 23.1 Å². The first-order valence-corrected chi connectivity index (χ1v) is 7.26. The summed E-state index contributed by atoms with van der Waals surface area (Å²) >= 11 is 0. The maximum absolute atomic E-state index is 12.0. The Kier molecular flexibility index (Phi) is 5.06. The van der Waals surface area contributed by atoms with Crippen LogP contribution < -0.4 is 0 Å². The second-order valence-electron chi connectivity index (χ2n) is 4.51. The molecule has 0 radical (unpaired) electrons. The molecule has 0 saturated carbocycles. The van der Waals surface area contributed by atoms with E-state index < -0.39 is 10.8 Å². The summed E-state index contributed by atoms with van der Waals surface area (Å²) < 4.78 is 12.0. The zero-order chi connectivity index (χ0) is 13.0. The van der Waals surface area contributed by atoms with E-state index in [1.165, 1.54) is 5.56 Å². The number of rotatable bonds is 5. The van der Waals surface area contributed by atoms with E-state index in [0.29, 0.717) is 0 Å². The minimum Gasteiger partial charge on any atom is -0.298 e. The Morgan fingerprint density at radius 2 is 1.94 bits per heavy atom. The number of aryl methyl sites for hydroxylation is 2. The maximum atomic E-state index is 12.0. The third kappa shape index (κ3) is 3.77. The Hall–Kier alpha value is -0.960. The van der Waals surface area contributed by atoms with Crippen molar-refractivity contribution in [2.45, 2.75) is 39.0 Å². The summed E-state index contributed by atoms with van der Waals surface area (Å²) in [5.74, 6) is 0.229. The molecule has 0 aliphatic carbocycles. The lowest BCUT2D eigenvalue weighted by Gasteiger charge is -2.08. The zero-order valence-electron chi connectivity index (χ0n) is 10.9. The SMILES string of the molecule is CCC(C)C(=O)CS(=O)c1ccc(C)c(C)c1. The quantitative estimate of drug-likeness (QED) is 0.807. The molecule has 3 heteroatoms. The van der Waals surface area contributed by atoms with Gasteiger partial charge in [-0.3, -0.25) is 9.00 Å². The van der Waals surface area contributed by atoms with Gasteiger partial charge in [-0.05, 0) is 43.5 Å². The lowest BCUT2D eigenvalue weighted by molar-refractivity contribution is -0.119. The predicted molar refractivity (Wildman–Crippen MR) is 71.7 cm³/mol. The molecule has 17 heavy (non-hydrogen) atoms. The number of carbonyl (C=O) groups is 1. The molecule has 0 aliphatic heterocycles. The first-order valence-electron chi connectivity index (χ1n) is 5.94. The summed E-state index contributed by atoms with van der Waals surface area (Å²) in [6.07, 6.45) is 0.808. The monoisotopic (exact) mass is 252 g/mol. The lowest BCUT2D eigenvalue weighted by atomic mass is 10.1. The van der Waals surface area contributed by atoms with Gasteiger partial charge in [0.15, 0.2) is 0 Å². The number of hydrogen-bond donors (Lipinski definition) is 0. The summed E-state index contributed by atoms with van der Waals surface area (Å²) in [5, 5.41) is 0. The van der Waals surface area contributed by atoms with Crippen molar-refractivity contribution in [2.24, 2.45) is 5.92 Å². The van der Waals surface area contributed by atoms with Gasteiger partial charge in [0.05, 0.1) is 16.6 Å². The van der Waals surface area contributed by atoms with Crippen molar-refractivity contribution in [2.75, 3.05) is 5.75 Å². The zero-order valence-corrected chi connectivity index (χ0v) is 11.8. The van der Waals surface area contributed by atoms with Crippen LogP contribution in [-0.4, -0.2) is 15.7 Å². The molecule has 0 bridgehead atoms. The van der Waals surface area contributed by atoms with Crippen LogP contribution in [0.2, 0.25) is 0 Å². The van der Waals surface area contributed by atoms with Gasteiger partial charge in [0.1, 0.15) is 5.78 Å². The largest absolute Gasteiger partial charge is 0.298 e. The van der Waals surface area contributed by atoms with Crippen LogP contribution in [0.1, 0.15) is 31.4 Å². The van der Waals surface area contributed by atoms with Gasteiger partial charge in [-0.2, -0.15) is 0 Å². The van der Waals surface area contributed by atoms with Gasteiger partial charge in [-0.1, -0.05) is 19.9 Å². The Morgan fingerprint density at radius 1 is 1.29 bits per heavy atom. The van der Waals surface area contributed by atoms with E-state index in [4.69, 9.17) is 0 Å². The third-order valence-electron chi connectivity index (χ3n) is 3.18. The van der Waals surface area contributed by atoms with E-state index in [1.807, 2.05) is 45.9 Å². The lowest BCUT2D eigenvalue weighted by Crippen LogP contribution is -2.18. The van der Waals surface area contributed by atoms with E-state index in [0.717, 1.165) is 16.9 Å². The molecule has 0 N–H and O–H groups in total. The Labute approximate surface area is 106 Å². The molecule has 2 unspecified atom stereocenters. The molecule has 0 spiro atoms. The summed E-state index contributed by atoms with van der Waals surface area (Å²) in [6.45, 7) is 7.88. The van der Waals surface area contributed by atoms with Gasteiger partial charge in [0.2, 0.25) is 0 Å². The predicted octanol–water partition coefficient (Wildman–Crippen LogP) is 3.03. The first kappa shape index (κ1) is 14.1. The van der Waals surface area contributed by atoms with Gasteiger partial charge in [0.25, 0.3) is 0 Å². The second-order valence-corrected chi connectivity index (χ2v) is 5.96. The molecule has 0 saturated heterocycles. The first-order chi connectivity index (χ1) is 7.95. The second kappa shape index (κ2) is 6.10. The molecule has 1 aromatic carbocycles. The van der Waals surface area contributed by atoms with Gasteiger partial charge in [-0.15, -0.1) is 0 Å². The molecule has 1 rings (SSSR count). The molecular formula is C14H20O2S. The highest BCUT2D eigenvalue weighted by atomic mass is 32.2. The molecule has 0 heterocycles. The summed E-state index contributed by atoms with van der Waals surface area (Å²) in [5.41, 5.74) is 2.30. The smallest absolute Gasteiger partial charge is 0.148 e. The van der Waals surface area contributed by atoms with Crippen LogP contribution in [0.4, 0.5) is 0 Å². The standard InChI is InChI=1S/C14H20O2S/c1-5-10(2)14(15)9-17(16)13-7-6-11(3)12(4)8-13/h6-8,10H,5,9H2,1-4H3. The Morgan fingerprint density at radius 3 is 2.47 bits per heavy atom. The topological polar surface area (TPSA) is 34.1 Å². The number of benzene rings is 1. The van der Waals surface area contributed by atoms with Crippen LogP contribution in [-0.2, 0) is 15.6 Å². The molecule has 0 aliphatic rings. The van der Waals surface area contributed by atoms with Crippen LogP contribution >= 0.6 is 0 Å². The average molecular weight is 252 g/mol. The normalized spacial score (nSPS) is 14.4. The van der Waals surface area contributed by atoms with Gasteiger partial charge >= 0.3 is 0 Å².